The fourth-order valence-electron chi connectivity index (χ4n) is 2.85. The van der Waals surface area contributed by atoms with E-state index in [9.17, 15) is 17.6 Å². The van der Waals surface area contributed by atoms with E-state index in [1.807, 2.05) is 0 Å². The van der Waals surface area contributed by atoms with Crippen molar-refractivity contribution < 1.29 is 17.6 Å². The highest BCUT2D eigenvalue weighted by atomic mass is 32.2. The number of carbonyl (C=O) groups is 1. The minimum atomic E-state index is -3.80. The van der Waals surface area contributed by atoms with E-state index in [1.165, 1.54) is 19.1 Å². The highest BCUT2D eigenvalue weighted by Crippen LogP contribution is 2.24. The van der Waals surface area contributed by atoms with Crippen molar-refractivity contribution in [3.63, 3.8) is 0 Å². The van der Waals surface area contributed by atoms with Crippen molar-refractivity contribution in [1.29, 1.82) is 0 Å². The lowest BCUT2D eigenvalue weighted by Gasteiger charge is -2.28. The summed E-state index contributed by atoms with van der Waals surface area (Å²) in [5.74, 6) is -0.446. The first-order valence-corrected chi connectivity index (χ1v) is 9.15. The van der Waals surface area contributed by atoms with Gasteiger partial charge in [-0.1, -0.05) is 19.8 Å². The molecule has 1 amide bonds. The molecule has 1 aromatic rings. The zero-order chi connectivity index (χ0) is 16.3. The fourth-order valence-corrected chi connectivity index (χ4v) is 4.13. The van der Waals surface area contributed by atoms with Crippen LogP contribution in [0.3, 0.4) is 0 Å². The van der Waals surface area contributed by atoms with Gasteiger partial charge in [0.15, 0.2) is 9.84 Å². The molecular formula is C16H22FNO3S. The number of carbonyl (C=O) groups excluding carboxylic acids is 1. The zero-order valence-electron chi connectivity index (χ0n) is 12.9. The number of rotatable bonds is 4. The molecule has 1 aromatic carbocycles. The lowest BCUT2D eigenvalue weighted by atomic mass is 9.87. The van der Waals surface area contributed by atoms with E-state index in [-0.39, 0.29) is 10.9 Å². The van der Waals surface area contributed by atoms with Crippen LogP contribution in [0.2, 0.25) is 0 Å². The predicted octanol–water partition coefficient (Wildman–Crippen LogP) is 2.68. The number of halogens is 1. The van der Waals surface area contributed by atoms with Crippen LogP contribution in [0.4, 0.5) is 4.39 Å². The van der Waals surface area contributed by atoms with Gasteiger partial charge in [-0.15, -0.1) is 0 Å². The molecule has 1 aliphatic carbocycles. The molecule has 0 unspecified atom stereocenters. The average molecular weight is 327 g/mol. The van der Waals surface area contributed by atoms with E-state index in [1.54, 1.807) is 0 Å². The highest BCUT2D eigenvalue weighted by Gasteiger charge is 2.31. The number of amides is 1. The lowest BCUT2D eigenvalue weighted by molar-refractivity contribution is -0.121. The van der Waals surface area contributed by atoms with Crippen LogP contribution in [0.25, 0.3) is 0 Å². The maximum atomic E-state index is 12.9. The first kappa shape index (κ1) is 16.9. The Bertz CT molecular complexity index is 627. The van der Waals surface area contributed by atoms with Gasteiger partial charge in [-0.05, 0) is 49.9 Å². The van der Waals surface area contributed by atoms with Crippen molar-refractivity contribution in [3.05, 3.63) is 30.1 Å². The van der Waals surface area contributed by atoms with Gasteiger partial charge in [0.05, 0.1) is 4.90 Å². The Balaban J connectivity index is 2.07. The first-order chi connectivity index (χ1) is 10.3. The third kappa shape index (κ3) is 3.85. The fraction of sp³-hybridized carbons (Fsp3) is 0.562. The molecular weight excluding hydrogens is 305 g/mol. The second-order valence-corrected chi connectivity index (χ2v) is 8.39. The van der Waals surface area contributed by atoms with Crippen LogP contribution in [-0.2, 0) is 14.6 Å². The summed E-state index contributed by atoms with van der Waals surface area (Å²) in [4.78, 5) is 12.2. The predicted molar refractivity (Wildman–Crippen MR) is 82.6 cm³/mol. The maximum Gasteiger partial charge on any atom is 0.238 e. The molecule has 0 radical (unpaired) electrons. The molecule has 122 valence electrons. The van der Waals surface area contributed by atoms with Gasteiger partial charge in [0.2, 0.25) is 5.91 Å². The van der Waals surface area contributed by atoms with Gasteiger partial charge in [-0.25, -0.2) is 12.8 Å². The minimum absolute atomic E-state index is 0.0337. The molecule has 2 rings (SSSR count). The summed E-state index contributed by atoms with van der Waals surface area (Å²) in [7, 11) is -3.80. The van der Waals surface area contributed by atoms with E-state index >= 15 is 0 Å². The Hall–Kier alpha value is -1.43. The van der Waals surface area contributed by atoms with Crippen LogP contribution in [0.5, 0.6) is 0 Å². The third-order valence-electron chi connectivity index (χ3n) is 4.26. The SMILES string of the molecule is C[C@@H]1CCC[C@H](NC(=O)[C@@H](C)S(=O)(=O)c2ccc(F)cc2)C1. The first-order valence-electron chi connectivity index (χ1n) is 7.60. The molecule has 0 bridgehead atoms. The molecule has 0 saturated heterocycles. The summed E-state index contributed by atoms with van der Waals surface area (Å²) < 4.78 is 37.7. The van der Waals surface area contributed by atoms with Crippen molar-refractivity contribution >= 4 is 15.7 Å². The van der Waals surface area contributed by atoms with Crippen molar-refractivity contribution in [2.24, 2.45) is 5.92 Å². The standard InChI is InChI=1S/C16H22FNO3S/c1-11-4-3-5-14(10-11)18-16(19)12(2)22(20,21)15-8-6-13(17)7-9-15/h6-9,11-12,14H,3-5,10H2,1-2H3,(H,18,19)/t11-,12-,14+/m1/s1. The molecule has 0 aliphatic heterocycles. The van der Waals surface area contributed by atoms with E-state index < -0.39 is 26.8 Å². The highest BCUT2D eigenvalue weighted by molar-refractivity contribution is 7.92. The van der Waals surface area contributed by atoms with Crippen LogP contribution >= 0.6 is 0 Å². The van der Waals surface area contributed by atoms with Crippen molar-refractivity contribution in [2.45, 2.75) is 55.7 Å². The summed E-state index contributed by atoms with van der Waals surface area (Å²) in [5, 5.41) is 1.66. The lowest BCUT2D eigenvalue weighted by Crippen LogP contribution is -2.44. The van der Waals surface area contributed by atoms with Gasteiger partial charge in [-0.3, -0.25) is 4.79 Å². The maximum absolute atomic E-state index is 12.9. The van der Waals surface area contributed by atoms with Gasteiger partial charge < -0.3 is 5.32 Å². The minimum Gasteiger partial charge on any atom is -0.352 e. The Labute approximate surface area is 131 Å². The monoisotopic (exact) mass is 327 g/mol. The molecule has 22 heavy (non-hydrogen) atoms. The number of hydrogen-bond donors (Lipinski definition) is 1. The summed E-state index contributed by atoms with van der Waals surface area (Å²) >= 11 is 0. The smallest absolute Gasteiger partial charge is 0.238 e. The van der Waals surface area contributed by atoms with Crippen molar-refractivity contribution in [3.8, 4) is 0 Å². The molecule has 1 aliphatic rings. The Morgan fingerprint density at radius 1 is 1.27 bits per heavy atom. The second kappa shape index (κ2) is 6.77. The topological polar surface area (TPSA) is 63.2 Å². The summed E-state index contributed by atoms with van der Waals surface area (Å²) in [6, 6.07) is 4.59. The summed E-state index contributed by atoms with van der Waals surface area (Å²) in [5.41, 5.74) is 0. The molecule has 1 fully saturated rings. The van der Waals surface area contributed by atoms with Gasteiger partial charge in [0, 0.05) is 6.04 Å². The zero-order valence-corrected chi connectivity index (χ0v) is 13.7. The Kier molecular flexibility index (Phi) is 5.21. The molecule has 3 atom stereocenters. The van der Waals surface area contributed by atoms with E-state index in [0.29, 0.717) is 5.92 Å². The van der Waals surface area contributed by atoms with Crippen LogP contribution in [-0.4, -0.2) is 25.6 Å². The van der Waals surface area contributed by atoms with Crippen LogP contribution in [0, 0.1) is 11.7 Å². The number of benzene rings is 1. The molecule has 1 N–H and O–H groups in total. The normalized spacial score (nSPS) is 23.8. The second-order valence-electron chi connectivity index (χ2n) is 6.12. The van der Waals surface area contributed by atoms with E-state index in [4.69, 9.17) is 0 Å². The van der Waals surface area contributed by atoms with Crippen LogP contribution < -0.4 is 5.32 Å². The van der Waals surface area contributed by atoms with Gasteiger partial charge >= 0.3 is 0 Å². The average Bonchev–Trinajstić information content (AvgIpc) is 2.46. The molecule has 0 heterocycles. The van der Waals surface area contributed by atoms with Crippen molar-refractivity contribution in [2.75, 3.05) is 0 Å². The number of hydrogen-bond acceptors (Lipinski definition) is 3. The molecule has 4 nitrogen and oxygen atoms in total. The summed E-state index contributed by atoms with van der Waals surface area (Å²) in [6.45, 7) is 3.51. The molecule has 6 heteroatoms. The quantitative estimate of drug-likeness (QED) is 0.865. The van der Waals surface area contributed by atoms with Gasteiger partial charge in [0.25, 0.3) is 0 Å². The van der Waals surface area contributed by atoms with Gasteiger partial charge in [-0.2, -0.15) is 0 Å². The molecule has 0 spiro atoms. The van der Waals surface area contributed by atoms with Crippen LogP contribution in [0.1, 0.15) is 39.5 Å². The third-order valence-corrected chi connectivity index (χ3v) is 6.33. The van der Waals surface area contributed by atoms with Crippen molar-refractivity contribution in [1.82, 2.24) is 5.32 Å². The van der Waals surface area contributed by atoms with Crippen LogP contribution in [0.15, 0.2) is 29.2 Å². The molecule has 0 aromatic heterocycles. The Morgan fingerprint density at radius 3 is 2.50 bits per heavy atom. The van der Waals surface area contributed by atoms with E-state index in [0.717, 1.165) is 37.8 Å². The van der Waals surface area contributed by atoms with Gasteiger partial charge in [0.1, 0.15) is 11.1 Å². The van der Waals surface area contributed by atoms with E-state index in [2.05, 4.69) is 12.2 Å². The Morgan fingerprint density at radius 2 is 1.91 bits per heavy atom. The molecule has 1 saturated carbocycles. The number of sulfone groups is 1. The largest absolute Gasteiger partial charge is 0.352 e. The number of nitrogens with one attached hydrogen (secondary N) is 1. The summed E-state index contributed by atoms with van der Waals surface area (Å²) in [6.07, 6.45) is 3.97.